The maximum absolute atomic E-state index is 12.6. The Labute approximate surface area is 182 Å². The number of nitrogens with zero attached hydrogens (tertiary/aromatic N) is 1. The fourth-order valence-electron chi connectivity index (χ4n) is 2.93. The average Bonchev–Trinajstić information content (AvgIpc) is 3.08. The minimum absolute atomic E-state index is 0.281. The Morgan fingerprint density at radius 1 is 0.931 bits per heavy atom. The molecule has 3 aromatic carbocycles. The van der Waals surface area contributed by atoms with Crippen LogP contribution in [-0.4, -0.2) is 10.9 Å². The van der Waals surface area contributed by atoms with Crippen molar-refractivity contribution in [2.24, 2.45) is 0 Å². The van der Waals surface area contributed by atoms with Crippen molar-refractivity contribution in [1.29, 1.82) is 0 Å². The average molecular weight is 446 g/mol. The molecule has 4 rings (SSSR count). The number of nitrogens with one attached hydrogen (secondary N) is 1. The van der Waals surface area contributed by atoms with Gasteiger partial charge in [0.15, 0.2) is 5.58 Å². The first-order chi connectivity index (χ1) is 13.8. The monoisotopic (exact) mass is 444 g/mol. The van der Waals surface area contributed by atoms with E-state index in [1.165, 1.54) is 6.07 Å². The van der Waals surface area contributed by atoms with Crippen LogP contribution in [-0.2, 0) is 0 Å². The third kappa shape index (κ3) is 3.97. The Kier molecular flexibility index (Phi) is 5.26. The van der Waals surface area contributed by atoms with Crippen LogP contribution in [0.25, 0.3) is 22.6 Å². The third-order valence-corrected chi connectivity index (χ3v) is 5.53. The van der Waals surface area contributed by atoms with Crippen LogP contribution in [0.3, 0.4) is 0 Å². The van der Waals surface area contributed by atoms with Gasteiger partial charge in [-0.1, -0.05) is 34.8 Å². The van der Waals surface area contributed by atoms with Crippen LogP contribution < -0.4 is 5.32 Å². The number of aryl methyl sites for hydroxylation is 2. The Morgan fingerprint density at radius 2 is 1.66 bits per heavy atom. The number of aromatic nitrogens is 1. The van der Waals surface area contributed by atoms with Gasteiger partial charge in [0.25, 0.3) is 5.91 Å². The predicted molar refractivity (Wildman–Crippen MR) is 118 cm³/mol. The summed E-state index contributed by atoms with van der Waals surface area (Å²) in [7, 11) is 0. The molecule has 146 valence electrons. The Bertz CT molecular complexity index is 1230. The first-order valence-corrected chi connectivity index (χ1v) is 9.89. The third-order valence-electron chi connectivity index (χ3n) is 4.63. The highest BCUT2D eigenvalue weighted by molar-refractivity contribution is 6.36. The highest BCUT2D eigenvalue weighted by Crippen LogP contribution is 2.33. The van der Waals surface area contributed by atoms with Gasteiger partial charge in [0, 0.05) is 10.7 Å². The van der Waals surface area contributed by atoms with Crippen LogP contribution in [0.4, 0.5) is 5.69 Å². The minimum Gasteiger partial charge on any atom is -0.436 e. The van der Waals surface area contributed by atoms with Crippen molar-refractivity contribution in [2.45, 2.75) is 13.8 Å². The Morgan fingerprint density at radius 3 is 2.45 bits per heavy atom. The number of fused-ring (bicyclic) bond motifs is 1. The standard InChI is InChI=1S/C22H15Cl3N2O2/c1-11-7-19-20(8-12(11)2)29-22(27-19)16-10-14(4-6-18(16)25)26-21(28)15-9-13(23)3-5-17(15)24/h3-10H,1-2H3,(H,26,28). The Balaban J connectivity index is 1.69. The van der Waals surface area contributed by atoms with Crippen LogP contribution in [0.5, 0.6) is 0 Å². The summed E-state index contributed by atoms with van der Waals surface area (Å²) in [6.07, 6.45) is 0. The number of rotatable bonds is 3. The van der Waals surface area contributed by atoms with E-state index in [4.69, 9.17) is 39.2 Å². The van der Waals surface area contributed by atoms with Crippen LogP contribution in [0, 0.1) is 13.8 Å². The van der Waals surface area contributed by atoms with Crippen molar-refractivity contribution < 1.29 is 9.21 Å². The maximum Gasteiger partial charge on any atom is 0.257 e. The first-order valence-electron chi connectivity index (χ1n) is 8.76. The molecule has 0 spiro atoms. The molecule has 1 amide bonds. The van der Waals surface area contributed by atoms with Crippen LogP contribution in [0.15, 0.2) is 52.9 Å². The van der Waals surface area contributed by atoms with Crippen LogP contribution in [0.2, 0.25) is 15.1 Å². The summed E-state index contributed by atoms with van der Waals surface area (Å²) in [4.78, 5) is 17.2. The molecular formula is C22H15Cl3N2O2. The van der Waals surface area contributed by atoms with Gasteiger partial charge in [-0.3, -0.25) is 4.79 Å². The lowest BCUT2D eigenvalue weighted by Gasteiger charge is -2.09. The second-order valence-corrected chi connectivity index (χ2v) is 7.95. The van der Waals surface area contributed by atoms with E-state index >= 15 is 0 Å². The summed E-state index contributed by atoms with van der Waals surface area (Å²) in [5.74, 6) is 0.00136. The molecule has 1 N–H and O–H groups in total. The highest BCUT2D eigenvalue weighted by Gasteiger charge is 2.16. The first kappa shape index (κ1) is 19.8. The van der Waals surface area contributed by atoms with Gasteiger partial charge < -0.3 is 9.73 Å². The molecule has 29 heavy (non-hydrogen) atoms. The minimum atomic E-state index is -0.380. The summed E-state index contributed by atoms with van der Waals surface area (Å²) in [6.45, 7) is 4.04. The second-order valence-electron chi connectivity index (χ2n) is 6.70. The largest absolute Gasteiger partial charge is 0.436 e. The van der Waals surface area contributed by atoms with E-state index in [1.54, 1.807) is 30.3 Å². The van der Waals surface area contributed by atoms with E-state index in [2.05, 4.69) is 10.3 Å². The van der Waals surface area contributed by atoms with Crippen molar-refractivity contribution in [3.63, 3.8) is 0 Å². The van der Waals surface area contributed by atoms with Crippen molar-refractivity contribution in [3.8, 4) is 11.5 Å². The molecule has 0 fully saturated rings. The highest BCUT2D eigenvalue weighted by atomic mass is 35.5. The molecule has 0 aliphatic rings. The maximum atomic E-state index is 12.6. The fourth-order valence-corrected chi connectivity index (χ4v) is 3.51. The predicted octanol–water partition coefficient (Wildman–Crippen LogP) is 7.32. The number of hydrogen-bond acceptors (Lipinski definition) is 3. The molecule has 0 saturated carbocycles. The van der Waals surface area contributed by atoms with Crippen molar-refractivity contribution in [2.75, 3.05) is 5.32 Å². The van der Waals surface area contributed by atoms with Crippen LogP contribution >= 0.6 is 34.8 Å². The van der Waals surface area contributed by atoms with E-state index in [0.29, 0.717) is 37.8 Å². The molecule has 0 atom stereocenters. The zero-order valence-electron chi connectivity index (χ0n) is 15.5. The summed E-state index contributed by atoms with van der Waals surface area (Å²) >= 11 is 18.5. The number of carbonyl (C=O) groups excluding carboxylic acids is 1. The number of amides is 1. The smallest absolute Gasteiger partial charge is 0.257 e. The van der Waals surface area contributed by atoms with Gasteiger partial charge in [0.05, 0.1) is 21.2 Å². The molecule has 0 bridgehead atoms. The number of hydrogen-bond donors (Lipinski definition) is 1. The van der Waals surface area contributed by atoms with Gasteiger partial charge in [0.1, 0.15) is 5.52 Å². The number of halogens is 3. The molecule has 7 heteroatoms. The van der Waals surface area contributed by atoms with Crippen molar-refractivity contribution >= 4 is 57.5 Å². The molecular weight excluding hydrogens is 431 g/mol. The van der Waals surface area contributed by atoms with Crippen molar-refractivity contribution in [3.05, 3.63) is 80.3 Å². The van der Waals surface area contributed by atoms with E-state index in [1.807, 2.05) is 26.0 Å². The lowest BCUT2D eigenvalue weighted by molar-refractivity contribution is 0.102. The Hall–Kier alpha value is -2.53. The molecule has 0 unspecified atom stereocenters. The van der Waals surface area contributed by atoms with Gasteiger partial charge >= 0.3 is 0 Å². The van der Waals surface area contributed by atoms with Crippen LogP contribution in [0.1, 0.15) is 21.5 Å². The molecule has 0 radical (unpaired) electrons. The van der Waals surface area contributed by atoms with Gasteiger partial charge in [-0.25, -0.2) is 4.98 Å². The molecule has 4 aromatic rings. The van der Waals surface area contributed by atoms with Gasteiger partial charge in [-0.2, -0.15) is 0 Å². The zero-order valence-corrected chi connectivity index (χ0v) is 17.8. The molecule has 1 aromatic heterocycles. The SMILES string of the molecule is Cc1cc2nc(-c3cc(NC(=O)c4cc(Cl)ccc4Cl)ccc3Cl)oc2cc1C. The van der Waals surface area contributed by atoms with Gasteiger partial charge in [-0.15, -0.1) is 0 Å². The molecule has 0 aliphatic carbocycles. The van der Waals surface area contributed by atoms with Crippen molar-refractivity contribution in [1.82, 2.24) is 4.98 Å². The lowest BCUT2D eigenvalue weighted by atomic mass is 10.1. The normalized spacial score (nSPS) is 11.1. The summed E-state index contributed by atoms with van der Waals surface area (Å²) in [6, 6.07) is 13.7. The quantitative estimate of drug-likeness (QED) is 0.359. The molecule has 1 heterocycles. The van der Waals surface area contributed by atoms with E-state index in [9.17, 15) is 4.79 Å². The molecule has 0 aliphatic heterocycles. The summed E-state index contributed by atoms with van der Waals surface area (Å²) < 4.78 is 5.90. The van der Waals surface area contributed by atoms with E-state index in [0.717, 1.165) is 16.6 Å². The van der Waals surface area contributed by atoms with E-state index in [-0.39, 0.29) is 11.5 Å². The number of benzene rings is 3. The lowest BCUT2D eigenvalue weighted by Crippen LogP contribution is -2.12. The van der Waals surface area contributed by atoms with Gasteiger partial charge in [0.2, 0.25) is 5.89 Å². The molecule has 0 saturated heterocycles. The second kappa shape index (κ2) is 7.71. The number of anilines is 1. The summed E-state index contributed by atoms with van der Waals surface area (Å²) in [5, 5.41) is 4.00. The van der Waals surface area contributed by atoms with E-state index < -0.39 is 0 Å². The summed E-state index contributed by atoms with van der Waals surface area (Å²) in [5.41, 5.74) is 5.06. The number of oxazole rings is 1. The number of carbonyl (C=O) groups is 1. The molecule has 4 nitrogen and oxygen atoms in total. The fraction of sp³-hybridized carbons (Fsp3) is 0.0909. The topological polar surface area (TPSA) is 55.1 Å². The zero-order chi connectivity index (χ0) is 20.7. The van der Waals surface area contributed by atoms with Gasteiger partial charge in [-0.05, 0) is 73.5 Å².